The third-order valence-corrected chi connectivity index (χ3v) is 4.94. The Bertz CT molecular complexity index is 1040. The number of rotatable bonds is 8. The van der Waals surface area contributed by atoms with Gasteiger partial charge in [-0.2, -0.15) is 0 Å². The zero-order valence-corrected chi connectivity index (χ0v) is 17.8. The lowest BCUT2D eigenvalue weighted by Gasteiger charge is -2.20. The quantitative estimate of drug-likeness (QED) is 0.564. The fraction of sp³-hybridized carbons (Fsp3) is 0.200. The maximum absolute atomic E-state index is 12.9. The Balaban J connectivity index is 1.78. The van der Waals surface area contributed by atoms with Crippen LogP contribution in [0.1, 0.15) is 33.9 Å². The lowest BCUT2D eigenvalue weighted by atomic mass is 10.0. The van der Waals surface area contributed by atoms with Crippen molar-refractivity contribution in [2.75, 3.05) is 19.5 Å². The van der Waals surface area contributed by atoms with Gasteiger partial charge in [0, 0.05) is 17.3 Å². The Morgan fingerprint density at radius 3 is 2.06 bits per heavy atom. The summed E-state index contributed by atoms with van der Waals surface area (Å²) in [5, 5.41) is 5.90. The van der Waals surface area contributed by atoms with Crippen LogP contribution in [0.5, 0.6) is 11.5 Å². The highest BCUT2D eigenvalue weighted by atomic mass is 16.5. The van der Waals surface area contributed by atoms with Crippen LogP contribution in [0.4, 0.5) is 5.69 Å². The number of benzene rings is 3. The molecule has 0 heterocycles. The number of aryl methyl sites for hydroxylation is 1. The van der Waals surface area contributed by atoms with Crippen LogP contribution in [-0.2, 0) is 4.79 Å². The second kappa shape index (κ2) is 10.3. The van der Waals surface area contributed by atoms with Crippen LogP contribution in [0.25, 0.3) is 0 Å². The zero-order valence-electron chi connectivity index (χ0n) is 17.8. The number of hydrogen-bond acceptors (Lipinski definition) is 4. The predicted octanol–water partition coefficient (Wildman–Crippen LogP) is 4.51. The van der Waals surface area contributed by atoms with Crippen molar-refractivity contribution in [1.29, 1.82) is 0 Å². The summed E-state index contributed by atoms with van der Waals surface area (Å²) >= 11 is 0. The molecule has 0 unspecified atom stereocenters. The summed E-state index contributed by atoms with van der Waals surface area (Å²) in [7, 11) is 3.11. The summed E-state index contributed by atoms with van der Waals surface area (Å²) < 4.78 is 10.6. The summed E-state index contributed by atoms with van der Waals surface area (Å²) in [5.41, 5.74) is 2.87. The minimum atomic E-state index is -0.477. The third kappa shape index (κ3) is 5.63. The van der Waals surface area contributed by atoms with Crippen LogP contribution < -0.4 is 20.1 Å². The molecule has 1 atom stereocenters. The van der Waals surface area contributed by atoms with Crippen molar-refractivity contribution in [3.63, 3.8) is 0 Å². The number of amides is 2. The van der Waals surface area contributed by atoms with Gasteiger partial charge >= 0.3 is 0 Å². The predicted molar refractivity (Wildman–Crippen MR) is 121 cm³/mol. The number of nitrogens with one attached hydrogen (secondary N) is 2. The van der Waals surface area contributed by atoms with Gasteiger partial charge < -0.3 is 20.1 Å². The Kier molecular flexibility index (Phi) is 7.27. The number of methoxy groups -OCH3 is 2. The SMILES string of the molecule is COc1cc(C)c(NC(=O)C[C@@H](NC(=O)c2ccccc2)c2ccccc2)cc1OC. The molecule has 2 amide bonds. The van der Waals surface area contributed by atoms with Crippen LogP contribution in [0.2, 0.25) is 0 Å². The molecule has 160 valence electrons. The van der Waals surface area contributed by atoms with Crippen LogP contribution >= 0.6 is 0 Å². The van der Waals surface area contributed by atoms with E-state index in [1.54, 1.807) is 50.6 Å². The Morgan fingerprint density at radius 1 is 0.871 bits per heavy atom. The van der Waals surface area contributed by atoms with Crippen molar-refractivity contribution >= 4 is 17.5 Å². The van der Waals surface area contributed by atoms with Gasteiger partial charge in [0.15, 0.2) is 11.5 Å². The number of anilines is 1. The zero-order chi connectivity index (χ0) is 22.2. The fourth-order valence-corrected chi connectivity index (χ4v) is 3.27. The van der Waals surface area contributed by atoms with Crippen molar-refractivity contribution in [2.45, 2.75) is 19.4 Å². The van der Waals surface area contributed by atoms with Gasteiger partial charge in [-0.1, -0.05) is 48.5 Å². The molecule has 0 spiro atoms. The molecule has 3 aromatic carbocycles. The molecule has 3 rings (SSSR count). The molecule has 6 nitrogen and oxygen atoms in total. The Hall–Kier alpha value is -3.80. The average molecular weight is 418 g/mol. The van der Waals surface area contributed by atoms with Gasteiger partial charge in [0.25, 0.3) is 5.91 Å². The minimum Gasteiger partial charge on any atom is -0.493 e. The van der Waals surface area contributed by atoms with Crippen molar-refractivity contribution in [3.8, 4) is 11.5 Å². The Morgan fingerprint density at radius 2 is 1.45 bits per heavy atom. The van der Waals surface area contributed by atoms with E-state index in [-0.39, 0.29) is 18.2 Å². The van der Waals surface area contributed by atoms with Gasteiger partial charge in [-0.15, -0.1) is 0 Å². The van der Waals surface area contributed by atoms with E-state index in [4.69, 9.17) is 9.47 Å². The van der Waals surface area contributed by atoms with Gasteiger partial charge in [-0.25, -0.2) is 0 Å². The largest absolute Gasteiger partial charge is 0.493 e. The summed E-state index contributed by atoms with van der Waals surface area (Å²) in [6.07, 6.45) is 0.0797. The van der Waals surface area contributed by atoms with E-state index in [0.717, 1.165) is 11.1 Å². The van der Waals surface area contributed by atoms with Gasteiger partial charge in [-0.3, -0.25) is 9.59 Å². The first kappa shape index (κ1) is 21.9. The molecular formula is C25H26N2O4. The molecule has 0 saturated heterocycles. The first-order valence-corrected chi connectivity index (χ1v) is 9.95. The molecule has 0 aliphatic rings. The smallest absolute Gasteiger partial charge is 0.251 e. The van der Waals surface area contributed by atoms with Gasteiger partial charge in [-0.05, 0) is 36.2 Å². The van der Waals surface area contributed by atoms with Crippen LogP contribution in [0.15, 0.2) is 72.8 Å². The van der Waals surface area contributed by atoms with E-state index in [0.29, 0.717) is 22.7 Å². The molecule has 3 aromatic rings. The normalized spacial score (nSPS) is 11.3. The third-order valence-electron chi connectivity index (χ3n) is 4.94. The lowest BCUT2D eigenvalue weighted by Crippen LogP contribution is -2.31. The summed E-state index contributed by atoms with van der Waals surface area (Å²) in [6.45, 7) is 1.88. The second-order valence-electron chi connectivity index (χ2n) is 7.08. The number of carbonyl (C=O) groups excluding carboxylic acids is 2. The molecule has 0 aromatic heterocycles. The van der Waals surface area contributed by atoms with Crippen molar-refractivity contribution in [1.82, 2.24) is 5.32 Å². The average Bonchev–Trinajstić information content (AvgIpc) is 2.80. The molecule has 0 aliphatic carbocycles. The molecule has 31 heavy (non-hydrogen) atoms. The van der Waals surface area contributed by atoms with Gasteiger partial charge in [0.2, 0.25) is 5.91 Å². The van der Waals surface area contributed by atoms with Crippen LogP contribution in [0.3, 0.4) is 0 Å². The van der Waals surface area contributed by atoms with E-state index in [2.05, 4.69) is 10.6 Å². The molecule has 0 aliphatic heterocycles. The van der Waals surface area contributed by atoms with Gasteiger partial charge in [0.05, 0.1) is 26.7 Å². The number of carbonyl (C=O) groups is 2. The fourth-order valence-electron chi connectivity index (χ4n) is 3.27. The summed E-state index contributed by atoms with van der Waals surface area (Å²) in [4.78, 5) is 25.6. The maximum Gasteiger partial charge on any atom is 0.251 e. The highest BCUT2D eigenvalue weighted by Crippen LogP contribution is 2.33. The molecule has 6 heteroatoms. The topological polar surface area (TPSA) is 76.7 Å². The number of hydrogen-bond donors (Lipinski definition) is 2. The molecule has 0 bridgehead atoms. The van der Waals surface area contributed by atoms with E-state index in [9.17, 15) is 9.59 Å². The minimum absolute atomic E-state index is 0.0797. The van der Waals surface area contributed by atoms with Crippen molar-refractivity contribution in [2.24, 2.45) is 0 Å². The monoisotopic (exact) mass is 418 g/mol. The molecule has 0 fully saturated rings. The summed E-state index contributed by atoms with van der Waals surface area (Å²) in [5.74, 6) is 0.665. The highest BCUT2D eigenvalue weighted by molar-refractivity contribution is 5.96. The van der Waals surface area contributed by atoms with Gasteiger partial charge in [0.1, 0.15) is 0 Å². The second-order valence-corrected chi connectivity index (χ2v) is 7.08. The Labute approximate surface area is 182 Å². The standard InChI is InChI=1S/C25H26N2O4/c1-17-14-22(30-2)23(31-3)15-20(17)26-24(28)16-21(18-10-6-4-7-11-18)27-25(29)19-12-8-5-9-13-19/h4-15,21H,16H2,1-3H3,(H,26,28)(H,27,29)/t21-/m1/s1. The van der Waals surface area contributed by atoms with Crippen LogP contribution in [-0.4, -0.2) is 26.0 Å². The van der Waals surface area contributed by atoms with Crippen LogP contribution in [0, 0.1) is 6.92 Å². The maximum atomic E-state index is 12.9. The van der Waals surface area contributed by atoms with E-state index in [1.165, 1.54) is 0 Å². The first-order valence-electron chi connectivity index (χ1n) is 9.95. The number of ether oxygens (including phenoxy) is 2. The molecule has 2 N–H and O–H groups in total. The van der Waals surface area contributed by atoms with E-state index >= 15 is 0 Å². The van der Waals surface area contributed by atoms with E-state index in [1.807, 2.05) is 43.3 Å². The van der Waals surface area contributed by atoms with Crippen molar-refractivity contribution < 1.29 is 19.1 Å². The van der Waals surface area contributed by atoms with E-state index < -0.39 is 6.04 Å². The molecule has 0 saturated carbocycles. The molecular weight excluding hydrogens is 392 g/mol. The summed E-state index contributed by atoms with van der Waals surface area (Å²) in [6, 6.07) is 21.4. The van der Waals surface area contributed by atoms with Crippen molar-refractivity contribution in [3.05, 3.63) is 89.5 Å². The lowest BCUT2D eigenvalue weighted by molar-refractivity contribution is -0.116. The first-order chi connectivity index (χ1) is 15.0. The highest BCUT2D eigenvalue weighted by Gasteiger charge is 2.20. The molecule has 0 radical (unpaired) electrons.